The summed E-state index contributed by atoms with van der Waals surface area (Å²) in [6.07, 6.45) is 2.46. The second-order valence-corrected chi connectivity index (χ2v) is 7.31. The van der Waals surface area contributed by atoms with E-state index in [0.29, 0.717) is 36.1 Å². The van der Waals surface area contributed by atoms with Crippen LogP contribution < -0.4 is 0 Å². The van der Waals surface area contributed by atoms with Crippen molar-refractivity contribution in [1.29, 1.82) is 0 Å². The topological polar surface area (TPSA) is 40.6 Å². The summed E-state index contributed by atoms with van der Waals surface area (Å²) in [6, 6.07) is 0. The molecule has 3 unspecified atom stereocenters. The third kappa shape index (κ3) is 2.13. The number of piperidine rings is 2. The van der Waals surface area contributed by atoms with Gasteiger partial charge in [0, 0.05) is 32.6 Å². The summed E-state index contributed by atoms with van der Waals surface area (Å²) in [7, 11) is 0. The standard InChI is InChI=1S/C16H26N2O2/c1-4-14(19)17-7-5-6-11(8-17)15(20)18-9-12-13(10-18)16(12,2)3/h11-13H,4-10H2,1-3H3. The Balaban J connectivity index is 1.57. The molecule has 0 aromatic carbocycles. The average Bonchev–Trinajstić information content (AvgIpc) is 2.85. The van der Waals surface area contributed by atoms with Gasteiger partial charge in [-0.2, -0.15) is 0 Å². The molecule has 0 aromatic rings. The number of fused-ring (bicyclic) bond motifs is 1. The van der Waals surface area contributed by atoms with Crippen molar-refractivity contribution < 1.29 is 9.59 Å². The Kier molecular flexibility index (Phi) is 3.30. The van der Waals surface area contributed by atoms with Crippen molar-refractivity contribution >= 4 is 11.8 Å². The van der Waals surface area contributed by atoms with Crippen LogP contribution in [0, 0.1) is 23.2 Å². The summed E-state index contributed by atoms with van der Waals surface area (Å²) in [5, 5.41) is 0. The third-order valence-electron chi connectivity index (χ3n) is 5.86. The number of carbonyl (C=O) groups is 2. The largest absolute Gasteiger partial charge is 0.342 e. The zero-order valence-electron chi connectivity index (χ0n) is 12.9. The van der Waals surface area contributed by atoms with E-state index in [1.807, 2.05) is 11.8 Å². The number of nitrogens with zero attached hydrogens (tertiary/aromatic N) is 2. The van der Waals surface area contributed by atoms with Crippen molar-refractivity contribution in [3.8, 4) is 0 Å². The van der Waals surface area contributed by atoms with Gasteiger partial charge in [-0.15, -0.1) is 0 Å². The predicted octanol–water partition coefficient (Wildman–Crippen LogP) is 1.75. The van der Waals surface area contributed by atoms with Crippen molar-refractivity contribution in [2.24, 2.45) is 23.2 Å². The number of carbonyl (C=O) groups excluding carboxylic acids is 2. The van der Waals surface area contributed by atoms with E-state index in [4.69, 9.17) is 0 Å². The summed E-state index contributed by atoms with van der Waals surface area (Å²) < 4.78 is 0. The summed E-state index contributed by atoms with van der Waals surface area (Å²) in [4.78, 5) is 28.4. The van der Waals surface area contributed by atoms with E-state index in [1.165, 1.54) is 0 Å². The molecule has 112 valence electrons. The molecule has 1 aliphatic carbocycles. The minimum absolute atomic E-state index is 0.0415. The number of likely N-dealkylation sites (tertiary alicyclic amines) is 2. The van der Waals surface area contributed by atoms with E-state index in [0.717, 1.165) is 32.5 Å². The number of rotatable bonds is 2. The molecule has 2 saturated heterocycles. The van der Waals surface area contributed by atoms with Gasteiger partial charge < -0.3 is 9.80 Å². The fourth-order valence-electron chi connectivity index (χ4n) is 4.20. The van der Waals surface area contributed by atoms with Gasteiger partial charge in [0.15, 0.2) is 0 Å². The molecule has 4 nitrogen and oxygen atoms in total. The molecule has 0 bridgehead atoms. The van der Waals surface area contributed by atoms with Crippen molar-refractivity contribution in [1.82, 2.24) is 9.80 Å². The molecule has 0 N–H and O–H groups in total. The van der Waals surface area contributed by atoms with Crippen LogP contribution in [0.2, 0.25) is 0 Å². The Morgan fingerprint density at radius 2 is 1.75 bits per heavy atom. The molecule has 20 heavy (non-hydrogen) atoms. The highest BCUT2D eigenvalue weighted by atomic mass is 16.2. The number of hydrogen-bond donors (Lipinski definition) is 0. The lowest BCUT2D eigenvalue weighted by molar-refractivity contribution is -0.140. The highest BCUT2D eigenvalue weighted by molar-refractivity contribution is 5.81. The molecule has 1 saturated carbocycles. The van der Waals surface area contributed by atoms with E-state index < -0.39 is 0 Å². The Hall–Kier alpha value is -1.06. The molecule has 0 radical (unpaired) electrons. The lowest BCUT2D eigenvalue weighted by Crippen LogP contribution is -2.46. The van der Waals surface area contributed by atoms with Crippen LogP contribution in [-0.4, -0.2) is 47.8 Å². The zero-order valence-corrected chi connectivity index (χ0v) is 12.9. The molecular formula is C16H26N2O2. The van der Waals surface area contributed by atoms with Gasteiger partial charge in [-0.25, -0.2) is 0 Å². The fraction of sp³-hybridized carbons (Fsp3) is 0.875. The first-order chi connectivity index (χ1) is 9.45. The van der Waals surface area contributed by atoms with Crippen molar-refractivity contribution in [2.75, 3.05) is 26.2 Å². The van der Waals surface area contributed by atoms with E-state index in [1.54, 1.807) is 0 Å². The highest BCUT2D eigenvalue weighted by Crippen LogP contribution is 2.62. The minimum Gasteiger partial charge on any atom is -0.342 e. The first-order valence-corrected chi connectivity index (χ1v) is 8.01. The van der Waals surface area contributed by atoms with Crippen LogP contribution in [0.1, 0.15) is 40.0 Å². The Bertz CT molecular complexity index is 418. The molecule has 3 fully saturated rings. The van der Waals surface area contributed by atoms with Crippen LogP contribution in [0.25, 0.3) is 0 Å². The quantitative estimate of drug-likeness (QED) is 0.772. The fourth-order valence-corrected chi connectivity index (χ4v) is 4.20. The predicted molar refractivity (Wildman–Crippen MR) is 76.9 cm³/mol. The van der Waals surface area contributed by atoms with E-state index in [-0.39, 0.29) is 11.8 Å². The van der Waals surface area contributed by atoms with E-state index >= 15 is 0 Å². The Morgan fingerprint density at radius 3 is 2.35 bits per heavy atom. The zero-order chi connectivity index (χ0) is 14.5. The molecule has 3 atom stereocenters. The SMILES string of the molecule is CCC(=O)N1CCCC(C(=O)N2CC3C(C2)C3(C)C)C1. The van der Waals surface area contributed by atoms with Crippen LogP contribution in [-0.2, 0) is 9.59 Å². The van der Waals surface area contributed by atoms with Gasteiger partial charge in [-0.05, 0) is 30.1 Å². The van der Waals surface area contributed by atoms with E-state index in [2.05, 4.69) is 18.7 Å². The van der Waals surface area contributed by atoms with Gasteiger partial charge in [0.25, 0.3) is 0 Å². The van der Waals surface area contributed by atoms with Gasteiger partial charge in [-0.1, -0.05) is 20.8 Å². The van der Waals surface area contributed by atoms with Crippen LogP contribution in [0.4, 0.5) is 0 Å². The maximum atomic E-state index is 12.6. The first-order valence-electron chi connectivity index (χ1n) is 8.01. The molecule has 2 aliphatic heterocycles. The maximum absolute atomic E-state index is 12.6. The van der Waals surface area contributed by atoms with Crippen molar-refractivity contribution in [3.63, 3.8) is 0 Å². The van der Waals surface area contributed by atoms with Crippen molar-refractivity contribution in [3.05, 3.63) is 0 Å². The monoisotopic (exact) mass is 278 g/mol. The number of amides is 2. The van der Waals surface area contributed by atoms with Crippen LogP contribution in [0.15, 0.2) is 0 Å². The summed E-state index contributed by atoms with van der Waals surface area (Å²) in [5.74, 6) is 1.95. The first kappa shape index (κ1) is 13.9. The second-order valence-electron chi connectivity index (χ2n) is 7.31. The Morgan fingerprint density at radius 1 is 1.10 bits per heavy atom. The smallest absolute Gasteiger partial charge is 0.227 e. The molecule has 0 spiro atoms. The van der Waals surface area contributed by atoms with Gasteiger partial charge in [0.05, 0.1) is 5.92 Å². The average molecular weight is 278 g/mol. The third-order valence-corrected chi connectivity index (χ3v) is 5.86. The molecule has 2 heterocycles. The minimum atomic E-state index is 0.0415. The molecule has 3 rings (SSSR count). The summed E-state index contributed by atoms with van der Waals surface area (Å²) in [5.41, 5.74) is 0.452. The summed E-state index contributed by atoms with van der Waals surface area (Å²) >= 11 is 0. The lowest BCUT2D eigenvalue weighted by Gasteiger charge is -2.34. The lowest BCUT2D eigenvalue weighted by atomic mass is 9.95. The molecule has 2 amide bonds. The molecule has 0 aromatic heterocycles. The summed E-state index contributed by atoms with van der Waals surface area (Å²) in [6.45, 7) is 9.86. The van der Waals surface area contributed by atoms with Crippen LogP contribution in [0.3, 0.4) is 0 Å². The van der Waals surface area contributed by atoms with Crippen molar-refractivity contribution in [2.45, 2.75) is 40.0 Å². The molecule has 4 heteroatoms. The maximum Gasteiger partial charge on any atom is 0.227 e. The van der Waals surface area contributed by atoms with Gasteiger partial charge in [0.2, 0.25) is 11.8 Å². The highest BCUT2D eigenvalue weighted by Gasteiger charge is 2.62. The van der Waals surface area contributed by atoms with Gasteiger partial charge in [-0.3, -0.25) is 9.59 Å². The van der Waals surface area contributed by atoms with E-state index in [9.17, 15) is 9.59 Å². The normalized spacial score (nSPS) is 34.9. The second kappa shape index (κ2) is 4.74. The van der Waals surface area contributed by atoms with Crippen LogP contribution in [0.5, 0.6) is 0 Å². The van der Waals surface area contributed by atoms with Crippen LogP contribution >= 0.6 is 0 Å². The van der Waals surface area contributed by atoms with Gasteiger partial charge in [0.1, 0.15) is 0 Å². The molecular weight excluding hydrogens is 252 g/mol. The number of hydrogen-bond acceptors (Lipinski definition) is 2. The Labute approximate surface area is 121 Å². The molecule has 3 aliphatic rings. The van der Waals surface area contributed by atoms with Gasteiger partial charge >= 0.3 is 0 Å².